The van der Waals surface area contributed by atoms with Crippen LogP contribution in [-0.2, 0) is 0 Å². The molecule has 6 heteroatoms. The van der Waals surface area contributed by atoms with Crippen LogP contribution in [0.1, 0.15) is 26.2 Å². The van der Waals surface area contributed by atoms with E-state index in [0.717, 1.165) is 44.1 Å². The van der Waals surface area contributed by atoms with Crippen LogP contribution in [0.5, 0.6) is 0 Å². The summed E-state index contributed by atoms with van der Waals surface area (Å²) < 4.78 is 0. The molecule has 0 spiro atoms. The number of nitrogens with two attached hydrogens (primary N) is 1. The van der Waals surface area contributed by atoms with Gasteiger partial charge in [-0.25, -0.2) is 0 Å². The fourth-order valence-corrected chi connectivity index (χ4v) is 2.58. The summed E-state index contributed by atoms with van der Waals surface area (Å²) in [6.07, 6.45) is 3.17. The van der Waals surface area contributed by atoms with Crippen molar-refractivity contribution in [2.24, 2.45) is 5.92 Å². The van der Waals surface area contributed by atoms with Crippen LogP contribution < -0.4 is 16.0 Å². The lowest BCUT2D eigenvalue weighted by molar-refractivity contribution is 0.244. The zero-order valence-electron chi connectivity index (χ0n) is 11.5. The summed E-state index contributed by atoms with van der Waals surface area (Å²) in [4.78, 5) is 10.7. The lowest BCUT2D eigenvalue weighted by atomic mass is 9.95. The van der Waals surface area contributed by atoms with Gasteiger partial charge in [0.05, 0.1) is 0 Å². The summed E-state index contributed by atoms with van der Waals surface area (Å²) in [6.45, 7) is 5.01. The zero-order chi connectivity index (χ0) is 13.7. The maximum absolute atomic E-state index is 9.06. The van der Waals surface area contributed by atoms with Crippen molar-refractivity contribution in [2.75, 3.05) is 42.2 Å². The van der Waals surface area contributed by atoms with E-state index in [0.29, 0.717) is 11.9 Å². The van der Waals surface area contributed by atoms with E-state index in [1.54, 1.807) is 0 Å². The van der Waals surface area contributed by atoms with Gasteiger partial charge in [-0.15, -0.1) is 0 Å². The lowest BCUT2D eigenvalue weighted by Crippen LogP contribution is -2.36. The van der Waals surface area contributed by atoms with E-state index in [9.17, 15) is 0 Å². The highest BCUT2D eigenvalue weighted by atomic mass is 16.3. The number of piperidine rings is 1. The largest absolute Gasteiger partial charge is 0.396 e. The summed E-state index contributed by atoms with van der Waals surface area (Å²) in [5.74, 6) is 2.50. The van der Waals surface area contributed by atoms with Crippen molar-refractivity contribution in [3.8, 4) is 0 Å². The van der Waals surface area contributed by atoms with Gasteiger partial charge in [-0.05, 0) is 32.1 Å². The highest BCUT2D eigenvalue weighted by molar-refractivity contribution is 5.52. The fourth-order valence-electron chi connectivity index (χ4n) is 2.58. The van der Waals surface area contributed by atoms with E-state index >= 15 is 0 Å². The Morgan fingerprint density at radius 1 is 1.53 bits per heavy atom. The first-order valence-electron chi connectivity index (χ1n) is 6.97. The van der Waals surface area contributed by atoms with E-state index in [-0.39, 0.29) is 6.61 Å². The van der Waals surface area contributed by atoms with Crippen molar-refractivity contribution in [1.29, 1.82) is 0 Å². The van der Waals surface area contributed by atoms with Crippen LogP contribution in [0, 0.1) is 5.92 Å². The van der Waals surface area contributed by atoms with Crippen LogP contribution in [0.4, 0.5) is 17.6 Å². The summed E-state index contributed by atoms with van der Waals surface area (Å²) >= 11 is 0. The van der Waals surface area contributed by atoms with Gasteiger partial charge in [0.1, 0.15) is 11.6 Å². The Morgan fingerprint density at radius 2 is 2.37 bits per heavy atom. The molecule has 1 aliphatic rings. The first-order chi connectivity index (χ1) is 9.22. The lowest BCUT2D eigenvalue weighted by Gasteiger charge is -2.33. The molecule has 1 unspecified atom stereocenters. The topological polar surface area (TPSA) is 87.3 Å². The van der Waals surface area contributed by atoms with Gasteiger partial charge >= 0.3 is 0 Å². The third-order valence-corrected chi connectivity index (χ3v) is 3.47. The molecule has 0 saturated carbocycles. The van der Waals surface area contributed by atoms with Gasteiger partial charge in [-0.3, -0.25) is 0 Å². The fraction of sp³-hybridized carbons (Fsp3) is 0.692. The molecule has 106 valence electrons. The number of nitrogens with one attached hydrogen (secondary N) is 1. The Labute approximate surface area is 114 Å². The van der Waals surface area contributed by atoms with Crippen LogP contribution >= 0.6 is 0 Å². The van der Waals surface area contributed by atoms with Gasteiger partial charge in [0.15, 0.2) is 0 Å². The molecule has 1 atom stereocenters. The first-order valence-corrected chi connectivity index (χ1v) is 6.97. The van der Waals surface area contributed by atoms with Gasteiger partial charge in [0, 0.05) is 32.3 Å². The third kappa shape index (κ3) is 3.70. The summed E-state index contributed by atoms with van der Waals surface area (Å²) in [5, 5.41) is 12.2. The molecule has 0 aromatic carbocycles. The second kappa shape index (κ2) is 6.56. The second-order valence-electron chi connectivity index (χ2n) is 4.97. The van der Waals surface area contributed by atoms with Crippen molar-refractivity contribution in [3.05, 3.63) is 6.07 Å². The average Bonchev–Trinajstić information content (AvgIpc) is 2.39. The SMILES string of the molecule is CCNc1cc(N2CCCC(CCO)C2)nc(N)n1. The molecule has 6 nitrogen and oxygen atoms in total. The molecule has 1 aromatic rings. The van der Waals surface area contributed by atoms with E-state index < -0.39 is 0 Å². The number of aliphatic hydroxyl groups excluding tert-OH is 1. The molecule has 4 N–H and O–H groups in total. The van der Waals surface area contributed by atoms with Crippen LogP contribution in [-0.4, -0.2) is 41.3 Å². The monoisotopic (exact) mass is 265 g/mol. The number of hydrogen-bond donors (Lipinski definition) is 3. The van der Waals surface area contributed by atoms with Gasteiger partial charge in [-0.1, -0.05) is 0 Å². The number of aromatic nitrogens is 2. The molecular weight excluding hydrogens is 242 g/mol. The maximum Gasteiger partial charge on any atom is 0.223 e. The first kappa shape index (κ1) is 13.9. The molecule has 0 radical (unpaired) electrons. The number of nitrogen functional groups attached to an aromatic ring is 1. The Kier molecular flexibility index (Phi) is 4.79. The highest BCUT2D eigenvalue weighted by Gasteiger charge is 2.21. The normalized spacial score (nSPS) is 19.5. The molecule has 1 fully saturated rings. The summed E-state index contributed by atoms with van der Waals surface area (Å²) in [5.41, 5.74) is 5.76. The number of anilines is 3. The van der Waals surface area contributed by atoms with Crippen molar-refractivity contribution < 1.29 is 5.11 Å². The maximum atomic E-state index is 9.06. The van der Waals surface area contributed by atoms with Crippen molar-refractivity contribution >= 4 is 17.6 Å². The molecule has 19 heavy (non-hydrogen) atoms. The molecule has 2 rings (SSSR count). The smallest absolute Gasteiger partial charge is 0.223 e. The van der Waals surface area contributed by atoms with Gasteiger partial charge in [0.2, 0.25) is 5.95 Å². The van der Waals surface area contributed by atoms with Crippen molar-refractivity contribution in [3.63, 3.8) is 0 Å². The minimum Gasteiger partial charge on any atom is -0.396 e. The van der Waals surface area contributed by atoms with Crippen LogP contribution in [0.3, 0.4) is 0 Å². The van der Waals surface area contributed by atoms with E-state index in [2.05, 4.69) is 20.2 Å². The number of hydrogen-bond acceptors (Lipinski definition) is 6. The standard InChI is InChI=1S/C13H23N5O/c1-2-15-11-8-12(17-13(14)16-11)18-6-3-4-10(9-18)5-7-19/h8,10,19H,2-7,9H2,1H3,(H3,14,15,16,17). The Balaban J connectivity index is 2.11. The Bertz CT molecular complexity index is 410. The molecule has 1 aliphatic heterocycles. The minimum absolute atomic E-state index is 0.257. The Hall–Kier alpha value is -1.56. The Morgan fingerprint density at radius 3 is 3.11 bits per heavy atom. The number of nitrogens with zero attached hydrogens (tertiary/aromatic N) is 3. The molecule has 1 aromatic heterocycles. The third-order valence-electron chi connectivity index (χ3n) is 3.47. The summed E-state index contributed by atoms with van der Waals surface area (Å²) in [6, 6.07) is 1.95. The number of rotatable bonds is 5. The second-order valence-corrected chi connectivity index (χ2v) is 4.97. The van der Waals surface area contributed by atoms with Gasteiger partial charge in [0.25, 0.3) is 0 Å². The molecule has 0 aliphatic carbocycles. The quantitative estimate of drug-likeness (QED) is 0.738. The van der Waals surface area contributed by atoms with Gasteiger partial charge in [-0.2, -0.15) is 9.97 Å². The minimum atomic E-state index is 0.257. The highest BCUT2D eigenvalue weighted by Crippen LogP contribution is 2.25. The van der Waals surface area contributed by atoms with E-state index in [1.165, 1.54) is 6.42 Å². The predicted octanol–water partition coefficient (Wildman–Crippen LogP) is 1.09. The van der Waals surface area contributed by atoms with Crippen LogP contribution in [0.25, 0.3) is 0 Å². The van der Waals surface area contributed by atoms with Crippen LogP contribution in [0.2, 0.25) is 0 Å². The molecule has 0 bridgehead atoms. The molecular formula is C13H23N5O. The molecule has 0 amide bonds. The van der Waals surface area contributed by atoms with E-state index in [4.69, 9.17) is 10.8 Å². The predicted molar refractivity (Wildman–Crippen MR) is 77.2 cm³/mol. The van der Waals surface area contributed by atoms with Crippen LogP contribution in [0.15, 0.2) is 6.07 Å². The van der Waals surface area contributed by atoms with Crippen molar-refractivity contribution in [2.45, 2.75) is 26.2 Å². The number of aliphatic hydroxyl groups is 1. The van der Waals surface area contributed by atoms with Gasteiger partial charge < -0.3 is 21.1 Å². The average molecular weight is 265 g/mol. The molecule has 2 heterocycles. The zero-order valence-corrected chi connectivity index (χ0v) is 11.5. The van der Waals surface area contributed by atoms with E-state index in [1.807, 2.05) is 13.0 Å². The van der Waals surface area contributed by atoms with Crippen molar-refractivity contribution in [1.82, 2.24) is 9.97 Å². The summed E-state index contributed by atoms with van der Waals surface area (Å²) in [7, 11) is 0. The molecule has 1 saturated heterocycles.